The van der Waals surface area contributed by atoms with Gasteiger partial charge in [-0.3, -0.25) is 0 Å². The van der Waals surface area contributed by atoms with Crippen LogP contribution in [0.5, 0.6) is 0 Å². The first-order chi connectivity index (χ1) is 15.6. The first kappa shape index (κ1) is 23.6. The molecule has 0 aliphatic rings. The van der Waals surface area contributed by atoms with Crippen LogP contribution in [0.25, 0.3) is 11.3 Å². The van der Waals surface area contributed by atoms with E-state index in [-0.39, 0.29) is 5.97 Å². The molecule has 0 aliphatic heterocycles. The number of carbonyl (C=O) groups is 1. The van der Waals surface area contributed by atoms with Crippen molar-refractivity contribution >= 4 is 11.7 Å². The molecule has 4 heteroatoms. The molecule has 1 heterocycles. The molecule has 0 radical (unpaired) electrons. The number of esters is 1. The lowest BCUT2D eigenvalue weighted by Crippen LogP contribution is -2.14. The van der Waals surface area contributed by atoms with Gasteiger partial charge in [0.1, 0.15) is 0 Å². The number of hydrogen-bond acceptors (Lipinski definition) is 3. The van der Waals surface area contributed by atoms with Crippen LogP contribution in [0.3, 0.4) is 0 Å². The van der Waals surface area contributed by atoms with E-state index < -0.39 is 0 Å². The summed E-state index contributed by atoms with van der Waals surface area (Å²) < 4.78 is 8.00. The maximum Gasteiger partial charge on any atom is 0.338 e. The highest BCUT2D eigenvalue weighted by atomic mass is 16.5. The van der Waals surface area contributed by atoms with Crippen molar-refractivity contribution in [1.29, 1.82) is 0 Å². The summed E-state index contributed by atoms with van der Waals surface area (Å²) in [4.78, 5) is 12.9. The van der Waals surface area contributed by atoms with E-state index in [2.05, 4.69) is 67.1 Å². The minimum absolute atomic E-state index is 0.248. The molecule has 170 valence electrons. The molecule has 0 aliphatic carbocycles. The molecule has 0 spiro atoms. The number of hydrogen-bond donors (Lipinski definition) is 1. The quantitative estimate of drug-likeness (QED) is 0.334. The Labute approximate surface area is 192 Å². The van der Waals surface area contributed by atoms with Crippen LogP contribution in [0.15, 0.2) is 60.7 Å². The fourth-order valence-electron chi connectivity index (χ4n) is 4.06. The zero-order valence-corrected chi connectivity index (χ0v) is 19.9. The van der Waals surface area contributed by atoms with Gasteiger partial charge in [0.25, 0.3) is 0 Å². The van der Waals surface area contributed by atoms with Crippen LogP contribution in [-0.2, 0) is 11.3 Å². The molecule has 0 amide bonds. The number of aryl methyl sites for hydroxylation is 1. The lowest BCUT2D eigenvalue weighted by Gasteiger charge is -2.17. The average Bonchev–Trinajstić information content (AvgIpc) is 3.19. The lowest BCUT2D eigenvalue weighted by atomic mass is 10.0. The van der Waals surface area contributed by atoms with Crippen molar-refractivity contribution in [3.8, 4) is 11.3 Å². The van der Waals surface area contributed by atoms with E-state index in [1.165, 1.54) is 24.1 Å². The van der Waals surface area contributed by atoms with Gasteiger partial charge in [0.15, 0.2) is 0 Å². The molecular formula is C28H36N2O2. The van der Waals surface area contributed by atoms with Crippen molar-refractivity contribution in [2.45, 2.75) is 53.0 Å². The van der Waals surface area contributed by atoms with E-state index in [4.69, 9.17) is 4.74 Å². The van der Waals surface area contributed by atoms with Crippen LogP contribution < -0.4 is 5.32 Å². The maximum atomic E-state index is 12.9. The van der Waals surface area contributed by atoms with Crippen LogP contribution >= 0.6 is 0 Å². The molecule has 1 N–H and O–H groups in total. The van der Waals surface area contributed by atoms with Gasteiger partial charge in [0.05, 0.1) is 17.9 Å². The first-order valence-electron chi connectivity index (χ1n) is 11.8. The normalized spacial score (nSPS) is 11.9. The van der Waals surface area contributed by atoms with E-state index in [9.17, 15) is 4.79 Å². The second-order valence-electron chi connectivity index (χ2n) is 8.46. The Morgan fingerprint density at radius 3 is 2.53 bits per heavy atom. The fourth-order valence-corrected chi connectivity index (χ4v) is 4.06. The Morgan fingerprint density at radius 2 is 1.84 bits per heavy atom. The van der Waals surface area contributed by atoms with Gasteiger partial charge >= 0.3 is 5.97 Å². The highest BCUT2D eigenvalue weighted by Crippen LogP contribution is 2.31. The van der Waals surface area contributed by atoms with Crippen molar-refractivity contribution in [3.63, 3.8) is 0 Å². The second-order valence-corrected chi connectivity index (χ2v) is 8.46. The molecule has 3 aromatic rings. The predicted molar refractivity (Wildman–Crippen MR) is 133 cm³/mol. The average molecular weight is 433 g/mol. The highest BCUT2D eigenvalue weighted by Gasteiger charge is 2.17. The Hall–Kier alpha value is -3.01. The van der Waals surface area contributed by atoms with Crippen LogP contribution in [0.2, 0.25) is 0 Å². The van der Waals surface area contributed by atoms with E-state index in [0.717, 1.165) is 36.3 Å². The molecule has 0 bridgehead atoms. The van der Waals surface area contributed by atoms with Gasteiger partial charge in [-0.05, 0) is 55.2 Å². The fraction of sp³-hybridized carbons (Fsp3) is 0.393. The van der Waals surface area contributed by atoms with Gasteiger partial charge < -0.3 is 14.6 Å². The molecule has 4 nitrogen and oxygen atoms in total. The maximum absolute atomic E-state index is 12.9. The number of unbranched alkanes of at least 4 members (excludes halogenated alkanes) is 1. The third-order valence-corrected chi connectivity index (χ3v) is 6.18. The van der Waals surface area contributed by atoms with Gasteiger partial charge in [-0.1, -0.05) is 63.4 Å². The summed E-state index contributed by atoms with van der Waals surface area (Å²) in [5.41, 5.74) is 6.09. The van der Waals surface area contributed by atoms with Crippen LogP contribution in [0, 0.1) is 12.8 Å². The third kappa shape index (κ3) is 5.82. The summed E-state index contributed by atoms with van der Waals surface area (Å²) in [7, 11) is 1.91. The number of aromatic nitrogens is 1. The lowest BCUT2D eigenvalue weighted by molar-refractivity contribution is 0.0428. The zero-order chi connectivity index (χ0) is 22.9. The van der Waals surface area contributed by atoms with E-state index in [0.29, 0.717) is 18.1 Å². The number of ether oxygens (including phenoxy) is 1. The SMILES string of the molecule is CCCCC(CC)COC(=O)c1ccc(NC)c(-c2ccc(C)n2Cc2ccccc2)c1. The molecule has 0 saturated heterocycles. The van der Waals surface area contributed by atoms with Crippen molar-refractivity contribution < 1.29 is 9.53 Å². The van der Waals surface area contributed by atoms with Crippen LogP contribution in [-0.4, -0.2) is 24.2 Å². The number of benzene rings is 2. The summed E-state index contributed by atoms with van der Waals surface area (Å²) in [6.07, 6.45) is 4.48. The summed E-state index contributed by atoms with van der Waals surface area (Å²) in [6, 6.07) is 20.5. The van der Waals surface area contributed by atoms with Gasteiger partial charge in [0, 0.05) is 30.5 Å². The molecule has 0 saturated carbocycles. The molecule has 3 rings (SSSR count). The van der Waals surface area contributed by atoms with Crippen molar-refractivity contribution in [1.82, 2.24) is 4.57 Å². The van der Waals surface area contributed by atoms with Crippen molar-refractivity contribution in [2.24, 2.45) is 5.92 Å². The number of carbonyl (C=O) groups excluding carboxylic acids is 1. The number of nitrogens with zero attached hydrogens (tertiary/aromatic N) is 1. The highest BCUT2D eigenvalue weighted by molar-refractivity contribution is 5.93. The molecule has 32 heavy (non-hydrogen) atoms. The Balaban J connectivity index is 1.85. The zero-order valence-electron chi connectivity index (χ0n) is 19.9. The number of rotatable bonds is 11. The molecule has 0 fully saturated rings. The van der Waals surface area contributed by atoms with E-state index in [1.54, 1.807) is 0 Å². The standard InChI is InChI=1S/C28H36N2O2/c1-5-7-11-22(6-2)20-32-28(31)24-15-16-26(29-4)25(18-24)27-17-14-21(3)30(27)19-23-12-9-8-10-13-23/h8-10,12-18,22,29H,5-7,11,19-20H2,1-4H3. The topological polar surface area (TPSA) is 43.3 Å². The van der Waals surface area contributed by atoms with Gasteiger partial charge in [0.2, 0.25) is 0 Å². The van der Waals surface area contributed by atoms with Gasteiger partial charge in [-0.2, -0.15) is 0 Å². The van der Waals surface area contributed by atoms with Crippen molar-refractivity contribution in [2.75, 3.05) is 19.0 Å². The Bertz CT molecular complexity index is 1010. The van der Waals surface area contributed by atoms with Crippen molar-refractivity contribution in [3.05, 3.63) is 77.5 Å². The van der Waals surface area contributed by atoms with E-state index >= 15 is 0 Å². The minimum atomic E-state index is -0.248. The Morgan fingerprint density at radius 1 is 1.06 bits per heavy atom. The molecule has 2 aromatic carbocycles. The van der Waals surface area contributed by atoms with Crippen LogP contribution in [0.4, 0.5) is 5.69 Å². The van der Waals surface area contributed by atoms with E-state index in [1.807, 2.05) is 31.3 Å². The van der Waals surface area contributed by atoms with Gasteiger partial charge in [-0.15, -0.1) is 0 Å². The first-order valence-corrected chi connectivity index (χ1v) is 11.8. The minimum Gasteiger partial charge on any atom is -0.462 e. The largest absolute Gasteiger partial charge is 0.462 e. The Kier molecular flexibility index (Phi) is 8.55. The summed E-state index contributed by atoms with van der Waals surface area (Å²) in [5, 5.41) is 3.28. The third-order valence-electron chi connectivity index (χ3n) is 6.18. The van der Waals surface area contributed by atoms with Gasteiger partial charge in [-0.25, -0.2) is 4.79 Å². The number of anilines is 1. The molecule has 1 unspecified atom stereocenters. The molecular weight excluding hydrogens is 396 g/mol. The summed E-state index contributed by atoms with van der Waals surface area (Å²) >= 11 is 0. The van der Waals surface area contributed by atoms with Crippen LogP contribution in [0.1, 0.15) is 61.1 Å². The monoisotopic (exact) mass is 432 g/mol. The smallest absolute Gasteiger partial charge is 0.338 e. The second kappa shape index (κ2) is 11.6. The predicted octanol–water partition coefficient (Wildman–Crippen LogP) is 6.93. The summed E-state index contributed by atoms with van der Waals surface area (Å²) in [6.45, 7) is 7.74. The molecule has 1 aromatic heterocycles. The summed E-state index contributed by atoms with van der Waals surface area (Å²) in [5.74, 6) is 0.183. The number of nitrogens with one attached hydrogen (secondary N) is 1. The molecule has 1 atom stereocenters.